The number of hydrogen-bond donors (Lipinski definition) is 0. The maximum atomic E-state index is 13.1. The Labute approximate surface area is 180 Å². The van der Waals surface area contributed by atoms with E-state index in [9.17, 15) is 18.8 Å². The van der Waals surface area contributed by atoms with E-state index in [0.717, 1.165) is 16.9 Å². The van der Waals surface area contributed by atoms with Gasteiger partial charge in [0.1, 0.15) is 22.1 Å². The average molecular weight is 436 g/mol. The van der Waals surface area contributed by atoms with Gasteiger partial charge in [0.25, 0.3) is 5.56 Å². The van der Waals surface area contributed by atoms with Crippen molar-refractivity contribution in [1.29, 1.82) is 0 Å². The Morgan fingerprint density at radius 1 is 1.10 bits per heavy atom. The van der Waals surface area contributed by atoms with Crippen LogP contribution in [0.2, 0.25) is 0 Å². The third-order valence-corrected chi connectivity index (χ3v) is 5.98. The van der Waals surface area contributed by atoms with Crippen LogP contribution in [0.25, 0.3) is 10.2 Å². The first-order chi connectivity index (χ1) is 14.9. The maximum absolute atomic E-state index is 13.1. The van der Waals surface area contributed by atoms with Gasteiger partial charge in [-0.05, 0) is 42.3 Å². The number of hydrogen-bond acceptors (Lipinski definition) is 6. The molecule has 0 aliphatic heterocycles. The SMILES string of the molecule is Cc1c(C(=O)OCc2ccccc2)sc2ncn(CC(=O)c3ccc(F)cc3)c(=O)c12. The van der Waals surface area contributed by atoms with E-state index in [-0.39, 0.29) is 24.3 Å². The molecule has 2 aromatic heterocycles. The molecule has 0 atom stereocenters. The number of fused-ring (bicyclic) bond motifs is 1. The predicted octanol–water partition coefficient (Wildman–Crippen LogP) is 4.15. The summed E-state index contributed by atoms with van der Waals surface area (Å²) in [5.41, 5.74) is 1.20. The van der Waals surface area contributed by atoms with Crippen molar-refractivity contribution in [2.75, 3.05) is 0 Å². The van der Waals surface area contributed by atoms with Crippen LogP contribution in [-0.2, 0) is 17.9 Å². The molecule has 0 aliphatic carbocycles. The van der Waals surface area contributed by atoms with Crippen molar-refractivity contribution in [1.82, 2.24) is 9.55 Å². The molecule has 0 saturated heterocycles. The molecule has 6 nitrogen and oxygen atoms in total. The number of carbonyl (C=O) groups is 2. The Morgan fingerprint density at radius 3 is 2.52 bits per heavy atom. The Hall–Kier alpha value is -3.65. The molecule has 0 amide bonds. The Balaban J connectivity index is 1.58. The van der Waals surface area contributed by atoms with Gasteiger partial charge in [-0.25, -0.2) is 14.2 Å². The average Bonchev–Trinajstić information content (AvgIpc) is 3.12. The van der Waals surface area contributed by atoms with Crippen molar-refractivity contribution in [3.05, 3.63) is 98.7 Å². The van der Waals surface area contributed by atoms with Crippen molar-refractivity contribution >= 4 is 33.3 Å². The highest BCUT2D eigenvalue weighted by atomic mass is 32.1. The molecule has 0 aliphatic rings. The molecule has 8 heteroatoms. The highest BCUT2D eigenvalue weighted by molar-refractivity contribution is 7.20. The van der Waals surface area contributed by atoms with Crippen LogP contribution < -0.4 is 5.56 Å². The molecule has 0 bridgehead atoms. The fraction of sp³-hybridized carbons (Fsp3) is 0.130. The van der Waals surface area contributed by atoms with Crippen molar-refractivity contribution in [2.45, 2.75) is 20.1 Å². The van der Waals surface area contributed by atoms with Gasteiger partial charge in [-0.3, -0.25) is 14.2 Å². The van der Waals surface area contributed by atoms with Gasteiger partial charge in [0, 0.05) is 5.56 Å². The summed E-state index contributed by atoms with van der Waals surface area (Å²) < 4.78 is 19.6. The zero-order valence-corrected chi connectivity index (χ0v) is 17.3. The van der Waals surface area contributed by atoms with Crippen LogP contribution in [0.15, 0.2) is 65.7 Å². The molecule has 4 aromatic rings. The zero-order valence-electron chi connectivity index (χ0n) is 16.5. The standard InChI is InChI=1S/C23H17FN2O4S/c1-14-19-21(31-20(14)23(29)30-12-15-5-3-2-4-6-15)25-13-26(22(19)28)11-18(27)16-7-9-17(24)10-8-16/h2-10,13H,11-12H2,1H3. The molecule has 0 N–H and O–H groups in total. The second-order valence-electron chi connectivity index (χ2n) is 6.91. The molecule has 4 rings (SSSR count). The molecule has 31 heavy (non-hydrogen) atoms. The highest BCUT2D eigenvalue weighted by Crippen LogP contribution is 2.27. The number of Topliss-reactive ketones (excluding diaryl/α,β-unsaturated/α-hetero) is 1. The fourth-order valence-electron chi connectivity index (χ4n) is 3.14. The van der Waals surface area contributed by atoms with Crippen LogP contribution in [0, 0.1) is 12.7 Å². The first kappa shape index (κ1) is 20.6. The second-order valence-corrected chi connectivity index (χ2v) is 7.90. The van der Waals surface area contributed by atoms with Crippen LogP contribution in [-0.4, -0.2) is 21.3 Å². The van der Waals surface area contributed by atoms with Crippen LogP contribution >= 0.6 is 11.3 Å². The quantitative estimate of drug-likeness (QED) is 0.335. The number of ketones is 1. The van der Waals surface area contributed by atoms with E-state index in [1.165, 1.54) is 35.2 Å². The minimum atomic E-state index is -0.530. The molecular formula is C23H17FN2O4S. The number of carbonyl (C=O) groups excluding carboxylic acids is 2. The summed E-state index contributed by atoms with van der Waals surface area (Å²) in [7, 11) is 0. The number of aromatic nitrogens is 2. The summed E-state index contributed by atoms with van der Waals surface area (Å²) in [6.07, 6.45) is 1.28. The number of benzene rings is 2. The van der Waals surface area contributed by atoms with E-state index in [2.05, 4.69) is 4.98 Å². The van der Waals surface area contributed by atoms with E-state index in [0.29, 0.717) is 20.8 Å². The lowest BCUT2D eigenvalue weighted by molar-refractivity contribution is 0.0477. The minimum Gasteiger partial charge on any atom is -0.457 e. The molecule has 0 unspecified atom stereocenters. The van der Waals surface area contributed by atoms with Crippen molar-refractivity contribution in [3.8, 4) is 0 Å². The lowest BCUT2D eigenvalue weighted by Crippen LogP contribution is -2.24. The third-order valence-electron chi connectivity index (χ3n) is 4.80. The normalized spacial score (nSPS) is 10.9. The number of ether oxygens (including phenoxy) is 1. The number of rotatable bonds is 6. The number of esters is 1. The third kappa shape index (κ3) is 4.29. The molecule has 0 saturated carbocycles. The van der Waals surface area contributed by atoms with Gasteiger partial charge < -0.3 is 4.74 Å². The molecule has 156 valence electrons. The lowest BCUT2D eigenvalue weighted by atomic mass is 10.1. The fourth-order valence-corrected chi connectivity index (χ4v) is 4.17. The van der Waals surface area contributed by atoms with Gasteiger partial charge in [-0.15, -0.1) is 11.3 Å². The monoisotopic (exact) mass is 436 g/mol. The summed E-state index contributed by atoms with van der Waals surface area (Å²) in [5, 5.41) is 0.283. The molecule has 0 spiro atoms. The summed E-state index contributed by atoms with van der Waals surface area (Å²) in [6.45, 7) is 1.54. The molecule has 0 radical (unpaired) electrons. The Morgan fingerprint density at radius 2 is 1.81 bits per heavy atom. The van der Waals surface area contributed by atoms with Crippen LogP contribution in [0.1, 0.15) is 31.2 Å². The van der Waals surface area contributed by atoms with E-state index in [1.807, 2.05) is 30.3 Å². The summed E-state index contributed by atoms with van der Waals surface area (Å²) in [4.78, 5) is 42.9. The summed E-state index contributed by atoms with van der Waals surface area (Å²) in [6, 6.07) is 14.4. The number of halogens is 1. The van der Waals surface area contributed by atoms with Gasteiger partial charge in [-0.1, -0.05) is 30.3 Å². The van der Waals surface area contributed by atoms with Gasteiger partial charge in [-0.2, -0.15) is 0 Å². The first-order valence-corrected chi connectivity index (χ1v) is 10.2. The van der Waals surface area contributed by atoms with Crippen molar-refractivity contribution < 1.29 is 18.7 Å². The van der Waals surface area contributed by atoms with Crippen molar-refractivity contribution in [3.63, 3.8) is 0 Å². The van der Waals surface area contributed by atoms with E-state index >= 15 is 0 Å². The summed E-state index contributed by atoms with van der Waals surface area (Å²) in [5.74, 6) is -1.33. The Bertz CT molecular complexity index is 1330. The van der Waals surface area contributed by atoms with E-state index in [1.54, 1.807) is 6.92 Å². The Kier molecular flexibility index (Phi) is 5.73. The van der Waals surface area contributed by atoms with Gasteiger partial charge in [0.2, 0.25) is 0 Å². The molecule has 2 aromatic carbocycles. The maximum Gasteiger partial charge on any atom is 0.349 e. The number of aryl methyl sites for hydroxylation is 1. The largest absolute Gasteiger partial charge is 0.457 e. The van der Waals surface area contributed by atoms with E-state index in [4.69, 9.17) is 4.74 Å². The van der Waals surface area contributed by atoms with Gasteiger partial charge in [0.05, 0.1) is 18.3 Å². The summed E-state index contributed by atoms with van der Waals surface area (Å²) >= 11 is 1.08. The molecule has 2 heterocycles. The minimum absolute atomic E-state index is 0.122. The molecule has 0 fully saturated rings. The smallest absolute Gasteiger partial charge is 0.349 e. The second kappa shape index (κ2) is 8.61. The van der Waals surface area contributed by atoms with Crippen LogP contribution in [0.3, 0.4) is 0 Å². The van der Waals surface area contributed by atoms with Crippen LogP contribution in [0.4, 0.5) is 4.39 Å². The molecular weight excluding hydrogens is 419 g/mol. The number of thiophene rings is 1. The van der Waals surface area contributed by atoms with Gasteiger partial charge >= 0.3 is 5.97 Å². The first-order valence-electron chi connectivity index (χ1n) is 9.42. The zero-order chi connectivity index (χ0) is 22.0. The van der Waals surface area contributed by atoms with E-state index < -0.39 is 17.3 Å². The van der Waals surface area contributed by atoms with Gasteiger partial charge in [0.15, 0.2) is 5.78 Å². The highest BCUT2D eigenvalue weighted by Gasteiger charge is 2.21. The lowest BCUT2D eigenvalue weighted by Gasteiger charge is -2.05. The van der Waals surface area contributed by atoms with Crippen LogP contribution in [0.5, 0.6) is 0 Å². The predicted molar refractivity (Wildman–Crippen MR) is 115 cm³/mol. The topological polar surface area (TPSA) is 78.3 Å². The number of nitrogens with zero attached hydrogens (tertiary/aromatic N) is 2. The van der Waals surface area contributed by atoms with Crippen molar-refractivity contribution in [2.24, 2.45) is 0 Å².